The van der Waals surface area contributed by atoms with Gasteiger partial charge in [-0.05, 0) is 30.9 Å². The van der Waals surface area contributed by atoms with Crippen LogP contribution in [-0.4, -0.2) is 22.8 Å². The minimum Gasteiger partial charge on any atom is -0.397 e. The fourth-order valence-electron chi connectivity index (χ4n) is 4.23. The maximum Gasteiger partial charge on any atom is 0.352 e. The van der Waals surface area contributed by atoms with Crippen molar-refractivity contribution in [3.05, 3.63) is 41.0 Å². The smallest absolute Gasteiger partial charge is 0.352 e. The van der Waals surface area contributed by atoms with Crippen LogP contribution in [0.1, 0.15) is 49.3 Å². The van der Waals surface area contributed by atoms with Crippen molar-refractivity contribution in [1.29, 1.82) is 0 Å². The van der Waals surface area contributed by atoms with E-state index >= 15 is 0 Å². The molecular weight excluding hydrogens is 264 g/mol. The quantitative estimate of drug-likeness (QED) is 0.764. The number of allylic oxidation sites excluding steroid dienone is 1. The summed E-state index contributed by atoms with van der Waals surface area (Å²) in [5, 5.41) is 0. The fourth-order valence-corrected chi connectivity index (χ4v) is 8.63. The molecule has 2 aliphatic rings. The van der Waals surface area contributed by atoms with Crippen molar-refractivity contribution in [3.8, 4) is 0 Å². The minimum atomic E-state index is -2.26. The summed E-state index contributed by atoms with van der Waals surface area (Å²) in [5.41, 5.74) is 5.15. The molecule has 2 nitrogen and oxygen atoms in total. The van der Waals surface area contributed by atoms with E-state index in [-0.39, 0.29) is 0 Å². The van der Waals surface area contributed by atoms with Gasteiger partial charge in [-0.1, -0.05) is 48.8 Å². The standard InChI is InChI=1S/C17H24O2Si/c1-13-12-14-8-4-7-11-16(14)17(13)20(18-2,19-3)15-9-5-6-10-15/h4,7-8,11-12,15,17H,5-6,9-10H2,1-3H3. The van der Waals surface area contributed by atoms with E-state index in [1.807, 2.05) is 14.2 Å². The average molecular weight is 288 g/mol. The predicted octanol–water partition coefficient (Wildman–Crippen LogP) is 4.41. The highest BCUT2D eigenvalue weighted by Crippen LogP contribution is 2.51. The highest BCUT2D eigenvalue weighted by molar-refractivity contribution is 6.71. The van der Waals surface area contributed by atoms with Crippen LogP contribution in [0.15, 0.2) is 29.8 Å². The van der Waals surface area contributed by atoms with Gasteiger partial charge in [-0.15, -0.1) is 0 Å². The lowest BCUT2D eigenvalue weighted by atomic mass is 10.1. The summed E-state index contributed by atoms with van der Waals surface area (Å²) in [4.78, 5) is 0. The second-order valence-corrected chi connectivity index (χ2v) is 9.71. The Morgan fingerprint density at radius 2 is 1.70 bits per heavy atom. The molecule has 0 bridgehead atoms. The van der Waals surface area contributed by atoms with Crippen molar-refractivity contribution in [2.24, 2.45) is 0 Å². The van der Waals surface area contributed by atoms with Crippen LogP contribution >= 0.6 is 0 Å². The number of fused-ring (bicyclic) bond motifs is 1. The Labute approximate surface area is 123 Å². The summed E-state index contributed by atoms with van der Waals surface area (Å²) in [6.45, 7) is 2.24. The molecule has 0 aromatic heterocycles. The third-order valence-corrected chi connectivity index (χ3v) is 9.67. The number of hydrogen-bond acceptors (Lipinski definition) is 2. The Balaban J connectivity index is 2.06. The Morgan fingerprint density at radius 3 is 2.35 bits per heavy atom. The van der Waals surface area contributed by atoms with E-state index in [2.05, 4.69) is 37.3 Å². The van der Waals surface area contributed by atoms with E-state index in [4.69, 9.17) is 8.85 Å². The monoisotopic (exact) mass is 288 g/mol. The van der Waals surface area contributed by atoms with Crippen molar-refractivity contribution < 1.29 is 8.85 Å². The first-order valence-electron chi connectivity index (χ1n) is 7.60. The van der Waals surface area contributed by atoms with Gasteiger partial charge in [-0.3, -0.25) is 0 Å². The maximum atomic E-state index is 6.16. The van der Waals surface area contributed by atoms with Crippen LogP contribution in [0, 0.1) is 0 Å². The highest BCUT2D eigenvalue weighted by atomic mass is 28.4. The van der Waals surface area contributed by atoms with Crippen molar-refractivity contribution in [1.82, 2.24) is 0 Å². The zero-order valence-electron chi connectivity index (χ0n) is 12.7. The van der Waals surface area contributed by atoms with Gasteiger partial charge in [0, 0.05) is 25.3 Å². The Hall–Kier alpha value is -0.903. The molecule has 0 spiro atoms. The molecule has 0 heterocycles. The number of benzene rings is 1. The van der Waals surface area contributed by atoms with Crippen molar-refractivity contribution in [3.63, 3.8) is 0 Å². The predicted molar refractivity (Wildman–Crippen MR) is 84.8 cm³/mol. The molecule has 0 N–H and O–H groups in total. The maximum absolute atomic E-state index is 6.16. The molecule has 1 aromatic carbocycles. The third kappa shape index (κ3) is 2.00. The summed E-state index contributed by atoms with van der Waals surface area (Å²) in [6, 6.07) is 8.71. The van der Waals surface area contributed by atoms with Gasteiger partial charge >= 0.3 is 8.56 Å². The first-order chi connectivity index (χ1) is 9.73. The molecule has 0 saturated heterocycles. The zero-order chi connectivity index (χ0) is 14.2. The molecule has 1 fully saturated rings. The lowest BCUT2D eigenvalue weighted by Crippen LogP contribution is -2.50. The molecular formula is C17H24O2Si. The lowest BCUT2D eigenvalue weighted by Gasteiger charge is -2.39. The first-order valence-corrected chi connectivity index (χ1v) is 9.57. The second-order valence-electron chi connectivity index (χ2n) is 6.06. The van der Waals surface area contributed by atoms with Gasteiger partial charge < -0.3 is 8.85 Å². The molecule has 108 valence electrons. The SMILES string of the molecule is CO[Si](OC)(C1CCCC1)C1C(C)=Cc2ccccc21. The molecule has 2 aliphatic carbocycles. The van der Waals surface area contributed by atoms with Gasteiger partial charge in [0.2, 0.25) is 0 Å². The Morgan fingerprint density at radius 1 is 1.05 bits per heavy atom. The summed E-state index contributed by atoms with van der Waals surface area (Å²) < 4.78 is 12.3. The molecule has 3 heteroatoms. The van der Waals surface area contributed by atoms with Crippen molar-refractivity contribution in [2.75, 3.05) is 14.2 Å². The molecule has 20 heavy (non-hydrogen) atoms. The highest BCUT2D eigenvalue weighted by Gasteiger charge is 2.54. The molecule has 0 amide bonds. The zero-order valence-corrected chi connectivity index (χ0v) is 13.7. The molecule has 3 rings (SSSR count). The summed E-state index contributed by atoms with van der Waals surface area (Å²) in [5.74, 6) is 0. The van der Waals surface area contributed by atoms with Gasteiger partial charge in [0.05, 0.1) is 0 Å². The van der Waals surface area contributed by atoms with E-state index in [1.165, 1.54) is 42.4 Å². The molecule has 1 saturated carbocycles. The summed E-state index contributed by atoms with van der Waals surface area (Å²) in [7, 11) is 1.47. The van der Waals surface area contributed by atoms with E-state index in [0.29, 0.717) is 11.1 Å². The van der Waals surface area contributed by atoms with Crippen molar-refractivity contribution >= 4 is 14.6 Å². The van der Waals surface area contributed by atoms with Crippen LogP contribution in [0.25, 0.3) is 6.08 Å². The van der Waals surface area contributed by atoms with Gasteiger partial charge in [0.15, 0.2) is 0 Å². The van der Waals surface area contributed by atoms with E-state index in [1.54, 1.807) is 0 Å². The van der Waals surface area contributed by atoms with E-state index < -0.39 is 8.56 Å². The summed E-state index contributed by atoms with van der Waals surface area (Å²) in [6.07, 6.45) is 7.49. The third-order valence-electron chi connectivity index (χ3n) is 5.11. The first kappa shape index (κ1) is 14.1. The van der Waals surface area contributed by atoms with Gasteiger partial charge in [-0.2, -0.15) is 0 Å². The van der Waals surface area contributed by atoms with Crippen LogP contribution in [0.4, 0.5) is 0 Å². The van der Waals surface area contributed by atoms with Crippen molar-refractivity contribution in [2.45, 2.75) is 43.7 Å². The fraction of sp³-hybridized carbons (Fsp3) is 0.529. The average Bonchev–Trinajstić information content (AvgIpc) is 3.10. The molecule has 1 unspecified atom stereocenters. The van der Waals surface area contributed by atoms with Gasteiger partial charge in [0.25, 0.3) is 0 Å². The second kappa shape index (κ2) is 5.47. The van der Waals surface area contributed by atoms with Crippen LogP contribution in [-0.2, 0) is 8.85 Å². The topological polar surface area (TPSA) is 18.5 Å². The van der Waals surface area contributed by atoms with E-state index in [9.17, 15) is 0 Å². The number of hydrogen-bond donors (Lipinski definition) is 0. The molecule has 1 aromatic rings. The Kier molecular flexibility index (Phi) is 3.84. The lowest BCUT2D eigenvalue weighted by molar-refractivity contribution is 0.220. The van der Waals surface area contributed by atoms with Crippen LogP contribution in [0.2, 0.25) is 5.54 Å². The van der Waals surface area contributed by atoms with Gasteiger partial charge in [-0.25, -0.2) is 0 Å². The molecule has 0 aliphatic heterocycles. The van der Waals surface area contributed by atoms with Crippen LogP contribution in [0.3, 0.4) is 0 Å². The molecule has 1 atom stereocenters. The van der Waals surface area contributed by atoms with E-state index in [0.717, 1.165) is 0 Å². The normalized spacial score (nSPS) is 22.9. The minimum absolute atomic E-state index is 0.358. The number of rotatable bonds is 4. The summed E-state index contributed by atoms with van der Waals surface area (Å²) >= 11 is 0. The van der Waals surface area contributed by atoms with Crippen LogP contribution in [0.5, 0.6) is 0 Å². The molecule has 0 radical (unpaired) electrons. The van der Waals surface area contributed by atoms with Crippen LogP contribution < -0.4 is 0 Å². The largest absolute Gasteiger partial charge is 0.397 e. The Bertz CT molecular complexity index is 513. The van der Waals surface area contributed by atoms with Gasteiger partial charge in [0.1, 0.15) is 0 Å².